The lowest BCUT2D eigenvalue weighted by Crippen LogP contribution is -2.12. The van der Waals surface area contributed by atoms with Gasteiger partial charge in [0.2, 0.25) is 5.90 Å². The van der Waals surface area contributed by atoms with E-state index in [9.17, 15) is 5.11 Å². The van der Waals surface area contributed by atoms with E-state index in [-0.39, 0.29) is 18.3 Å². The monoisotopic (exact) mass is 201 g/mol. The maximum atomic E-state index is 9.44. The van der Waals surface area contributed by atoms with Crippen molar-refractivity contribution < 1.29 is 9.84 Å². The highest BCUT2D eigenvalue weighted by Gasteiger charge is 2.12. The quantitative estimate of drug-likeness (QED) is 0.566. The Morgan fingerprint density at radius 3 is 2.38 bits per heavy atom. The SMILES string of the molecule is COC(=N)[C@H](O)c1ccccc1.Cl. The highest BCUT2D eigenvalue weighted by Crippen LogP contribution is 2.12. The van der Waals surface area contributed by atoms with Crippen LogP contribution in [0.15, 0.2) is 30.3 Å². The zero-order valence-corrected chi connectivity index (χ0v) is 8.04. The lowest BCUT2D eigenvalue weighted by molar-refractivity contribution is 0.205. The summed E-state index contributed by atoms with van der Waals surface area (Å²) in [6, 6.07) is 8.96. The number of rotatable bonds is 2. The predicted molar refractivity (Wildman–Crippen MR) is 53.4 cm³/mol. The van der Waals surface area contributed by atoms with Gasteiger partial charge in [-0.2, -0.15) is 0 Å². The van der Waals surface area contributed by atoms with Gasteiger partial charge in [0.25, 0.3) is 0 Å². The molecule has 0 bridgehead atoms. The molecule has 0 heterocycles. The molecule has 0 aliphatic rings. The van der Waals surface area contributed by atoms with Gasteiger partial charge in [0.05, 0.1) is 7.11 Å². The van der Waals surface area contributed by atoms with Crippen LogP contribution in [0.4, 0.5) is 0 Å². The first kappa shape index (κ1) is 11.9. The van der Waals surface area contributed by atoms with Gasteiger partial charge in [0.15, 0.2) is 6.10 Å². The summed E-state index contributed by atoms with van der Waals surface area (Å²) >= 11 is 0. The lowest BCUT2D eigenvalue weighted by atomic mass is 10.1. The van der Waals surface area contributed by atoms with Crippen LogP contribution in [-0.2, 0) is 4.74 Å². The first-order chi connectivity index (χ1) is 5.75. The molecule has 0 fully saturated rings. The molecule has 1 atom stereocenters. The van der Waals surface area contributed by atoms with Gasteiger partial charge in [0, 0.05) is 0 Å². The maximum absolute atomic E-state index is 9.44. The van der Waals surface area contributed by atoms with Crippen LogP contribution in [0.5, 0.6) is 0 Å². The highest BCUT2D eigenvalue weighted by molar-refractivity contribution is 5.85. The van der Waals surface area contributed by atoms with E-state index in [2.05, 4.69) is 4.74 Å². The molecular formula is C9H12ClNO2. The summed E-state index contributed by atoms with van der Waals surface area (Å²) in [4.78, 5) is 0. The highest BCUT2D eigenvalue weighted by atomic mass is 35.5. The molecule has 72 valence electrons. The van der Waals surface area contributed by atoms with Crippen molar-refractivity contribution in [3.63, 3.8) is 0 Å². The minimum Gasteiger partial charge on any atom is -0.482 e. The molecule has 0 radical (unpaired) electrons. The Kier molecular flexibility index (Phi) is 5.11. The molecule has 0 saturated carbocycles. The topological polar surface area (TPSA) is 53.3 Å². The summed E-state index contributed by atoms with van der Waals surface area (Å²) in [5, 5.41) is 16.6. The van der Waals surface area contributed by atoms with Gasteiger partial charge < -0.3 is 9.84 Å². The van der Waals surface area contributed by atoms with Crippen molar-refractivity contribution in [1.29, 1.82) is 5.41 Å². The molecule has 4 heteroatoms. The number of hydrogen-bond acceptors (Lipinski definition) is 3. The molecule has 0 aliphatic carbocycles. The number of benzene rings is 1. The smallest absolute Gasteiger partial charge is 0.214 e. The summed E-state index contributed by atoms with van der Waals surface area (Å²) in [5.74, 6) is -0.138. The van der Waals surface area contributed by atoms with Gasteiger partial charge >= 0.3 is 0 Å². The molecule has 3 nitrogen and oxygen atoms in total. The molecular weight excluding hydrogens is 190 g/mol. The van der Waals surface area contributed by atoms with Gasteiger partial charge in [-0.15, -0.1) is 12.4 Å². The fourth-order valence-corrected chi connectivity index (χ4v) is 0.898. The zero-order chi connectivity index (χ0) is 8.97. The summed E-state index contributed by atoms with van der Waals surface area (Å²) in [7, 11) is 1.37. The summed E-state index contributed by atoms with van der Waals surface area (Å²) in [6.07, 6.45) is -0.948. The van der Waals surface area contributed by atoms with Crippen molar-refractivity contribution in [2.45, 2.75) is 6.10 Å². The second kappa shape index (κ2) is 5.56. The minimum atomic E-state index is -0.948. The van der Waals surface area contributed by atoms with Crippen molar-refractivity contribution in [2.24, 2.45) is 0 Å². The van der Waals surface area contributed by atoms with E-state index in [4.69, 9.17) is 5.41 Å². The van der Waals surface area contributed by atoms with Crippen molar-refractivity contribution in [3.8, 4) is 0 Å². The number of ether oxygens (including phenoxy) is 1. The Bertz CT molecular complexity index is 264. The lowest BCUT2D eigenvalue weighted by Gasteiger charge is -2.09. The number of nitrogens with one attached hydrogen (secondary N) is 1. The fourth-order valence-electron chi connectivity index (χ4n) is 0.898. The third-order valence-electron chi connectivity index (χ3n) is 1.58. The molecule has 0 spiro atoms. The zero-order valence-electron chi connectivity index (χ0n) is 7.23. The first-order valence-corrected chi connectivity index (χ1v) is 3.61. The standard InChI is InChI=1S/C9H11NO2.ClH/c1-12-9(10)8(11)7-5-3-2-4-6-7;/h2-6,8,10-11H,1H3;1H/t8-;/m1./s1. The van der Waals surface area contributed by atoms with Crippen LogP contribution >= 0.6 is 12.4 Å². The van der Waals surface area contributed by atoms with E-state index >= 15 is 0 Å². The van der Waals surface area contributed by atoms with E-state index in [1.54, 1.807) is 12.1 Å². The molecule has 0 amide bonds. The third kappa shape index (κ3) is 3.05. The Morgan fingerprint density at radius 2 is 1.92 bits per heavy atom. The van der Waals surface area contributed by atoms with Crippen LogP contribution in [0.2, 0.25) is 0 Å². The summed E-state index contributed by atoms with van der Waals surface area (Å²) in [6.45, 7) is 0. The molecule has 2 N–H and O–H groups in total. The first-order valence-electron chi connectivity index (χ1n) is 3.61. The van der Waals surface area contributed by atoms with E-state index in [0.717, 1.165) is 0 Å². The van der Waals surface area contributed by atoms with Crippen LogP contribution in [0.1, 0.15) is 11.7 Å². The van der Waals surface area contributed by atoms with Gasteiger partial charge in [-0.25, -0.2) is 0 Å². The van der Waals surface area contributed by atoms with Gasteiger partial charge in [-0.05, 0) is 5.56 Å². The molecule has 1 rings (SSSR count). The van der Waals surface area contributed by atoms with E-state index < -0.39 is 6.10 Å². The van der Waals surface area contributed by atoms with Gasteiger partial charge in [0.1, 0.15) is 0 Å². The van der Waals surface area contributed by atoms with Crippen LogP contribution in [0.25, 0.3) is 0 Å². The predicted octanol–water partition coefficient (Wildman–Crippen LogP) is 1.77. The van der Waals surface area contributed by atoms with Crippen molar-refractivity contribution in [3.05, 3.63) is 35.9 Å². The number of methoxy groups -OCH3 is 1. The summed E-state index contributed by atoms with van der Waals surface area (Å²) < 4.78 is 4.60. The molecule has 0 saturated heterocycles. The minimum absolute atomic E-state index is 0. The number of hydrogen-bond donors (Lipinski definition) is 2. The van der Waals surface area contributed by atoms with Crippen LogP contribution in [-0.4, -0.2) is 18.1 Å². The van der Waals surface area contributed by atoms with E-state index in [1.165, 1.54) is 7.11 Å². The molecule has 1 aromatic carbocycles. The van der Waals surface area contributed by atoms with Crippen molar-refractivity contribution in [2.75, 3.05) is 7.11 Å². The van der Waals surface area contributed by atoms with Crippen LogP contribution < -0.4 is 0 Å². The summed E-state index contributed by atoms with van der Waals surface area (Å²) in [5.41, 5.74) is 0.671. The average Bonchev–Trinajstić information content (AvgIpc) is 2.17. The molecule has 0 aliphatic heterocycles. The number of halogens is 1. The largest absolute Gasteiger partial charge is 0.482 e. The van der Waals surface area contributed by atoms with Gasteiger partial charge in [-0.1, -0.05) is 30.3 Å². The Balaban J connectivity index is 0.00000144. The van der Waals surface area contributed by atoms with Crippen LogP contribution in [0, 0.1) is 5.41 Å². The number of aliphatic hydroxyl groups excluding tert-OH is 1. The Hall–Kier alpha value is -1.06. The Morgan fingerprint density at radius 1 is 1.38 bits per heavy atom. The molecule has 0 unspecified atom stereocenters. The Labute approximate surface area is 83.3 Å². The maximum Gasteiger partial charge on any atom is 0.214 e. The molecule has 1 aromatic rings. The van der Waals surface area contributed by atoms with Crippen LogP contribution in [0.3, 0.4) is 0 Å². The fraction of sp³-hybridized carbons (Fsp3) is 0.222. The van der Waals surface area contributed by atoms with Gasteiger partial charge in [-0.3, -0.25) is 5.41 Å². The van der Waals surface area contributed by atoms with E-state index in [1.807, 2.05) is 18.2 Å². The number of aliphatic hydroxyl groups is 1. The second-order valence-corrected chi connectivity index (χ2v) is 2.38. The third-order valence-corrected chi connectivity index (χ3v) is 1.58. The van der Waals surface area contributed by atoms with Crippen molar-refractivity contribution in [1.82, 2.24) is 0 Å². The van der Waals surface area contributed by atoms with E-state index in [0.29, 0.717) is 5.56 Å². The van der Waals surface area contributed by atoms with Crippen molar-refractivity contribution >= 4 is 18.3 Å². The molecule has 0 aromatic heterocycles. The normalized spacial score (nSPS) is 11.2. The average molecular weight is 202 g/mol. The molecule has 13 heavy (non-hydrogen) atoms. The second-order valence-electron chi connectivity index (χ2n) is 2.38.